The lowest BCUT2D eigenvalue weighted by Crippen LogP contribution is -2.40. The number of fused-ring (bicyclic) bond motifs is 1. The van der Waals surface area contributed by atoms with Gasteiger partial charge in [-0.15, -0.1) is 0 Å². The molecule has 2 heteroatoms. The van der Waals surface area contributed by atoms with Gasteiger partial charge in [-0.2, -0.15) is 0 Å². The lowest BCUT2D eigenvalue weighted by molar-refractivity contribution is 0.264. The fourth-order valence-corrected chi connectivity index (χ4v) is 5.48. The molecule has 1 aliphatic heterocycles. The van der Waals surface area contributed by atoms with Crippen LogP contribution in [0.3, 0.4) is 0 Å². The molecular weight excluding hydrogens is 424 g/mol. The van der Waals surface area contributed by atoms with Gasteiger partial charge in [0, 0.05) is 31.9 Å². The third-order valence-electron chi connectivity index (χ3n) is 7.14. The van der Waals surface area contributed by atoms with Crippen LogP contribution in [0.15, 0.2) is 109 Å². The van der Waals surface area contributed by atoms with E-state index in [1.807, 2.05) is 0 Å². The molecule has 178 valence electrons. The van der Waals surface area contributed by atoms with Gasteiger partial charge in [0.05, 0.1) is 0 Å². The van der Waals surface area contributed by atoms with Crippen LogP contribution in [0, 0.1) is 5.92 Å². The fraction of sp³-hybridized carbons (Fsp3) is 0.273. The number of aryl methyl sites for hydroxylation is 1. The summed E-state index contributed by atoms with van der Waals surface area (Å²) >= 11 is 0. The van der Waals surface area contributed by atoms with Gasteiger partial charge in [0.15, 0.2) is 0 Å². The van der Waals surface area contributed by atoms with Crippen molar-refractivity contribution in [1.82, 2.24) is 4.90 Å². The second kappa shape index (κ2) is 11.4. The summed E-state index contributed by atoms with van der Waals surface area (Å²) in [6, 6.07) is 39.6. The van der Waals surface area contributed by atoms with Gasteiger partial charge in [0.25, 0.3) is 0 Å². The van der Waals surface area contributed by atoms with Crippen LogP contribution in [0.4, 0.5) is 5.69 Å². The predicted octanol–water partition coefficient (Wildman–Crippen LogP) is 7.10. The smallest absolute Gasteiger partial charge is 0.0398 e. The predicted molar refractivity (Wildman–Crippen MR) is 149 cm³/mol. The number of hydrogen-bond acceptors (Lipinski definition) is 2. The van der Waals surface area contributed by atoms with E-state index in [0.717, 1.165) is 32.6 Å². The SMILES string of the molecule is CN(Cc1ccccc1)CC1Cc2ccccc2N(CCCc2ccc(-c3ccccc3)cc2)C1. The first-order valence-electron chi connectivity index (χ1n) is 12.9. The summed E-state index contributed by atoms with van der Waals surface area (Å²) in [6.45, 7) is 4.39. The van der Waals surface area contributed by atoms with Crippen molar-refractivity contribution in [3.63, 3.8) is 0 Å². The molecule has 0 bridgehead atoms. The minimum absolute atomic E-state index is 0.656. The van der Waals surface area contributed by atoms with Crippen LogP contribution >= 0.6 is 0 Å². The van der Waals surface area contributed by atoms with Crippen molar-refractivity contribution in [2.45, 2.75) is 25.8 Å². The van der Waals surface area contributed by atoms with Crippen molar-refractivity contribution in [1.29, 1.82) is 0 Å². The van der Waals surface area contributed by atoms with Gasteiger partial charge in [-0.05, 0) is 66.1 Å². The molecule has 35 heavy (non-hydrogen) atoms. The van der Waals surface area contributed by atoms with Crippen molar-refractivity contribution < 1.29 is 0 Å². The Balaban J connectivity index is 1.18. The van der Waals surface area contributed by atoms with Gasteiger partial charge >= 0.3 is 0 Å². The maximum atomic E-state index is 2.64. The Hall–Kier alpha value is -3.36. The largest absolute Gasteiger partial charge is 0.371 e. The molecular formula is C33H36N2. The molecule has 0 radical (unpaired) electrons. The number of nitrogens with zero attached hydrogens (tertiary/aromatic N) is 2. The van der Waals surface area contributed by atoms with Gasteiger partial charge < -0.3 is 9.80 Å². The summed E-state index contributed by atoms with van der Waals surface area (Å²) in [7, 11) is 2.26. The highest BCUT2D eigenvalue weighted by atomic mass is 15.2. The Morgan fingerprint density at radius 3 is 2.14 bits per heavy atom. The number of para-hydroxylation sites is 1. The van der Waals surface area contributed by atoms with E-state index in [0.29, 0.717) is 5.92 Å². The minimum Gasteiger partial charge on any atom is -0.371 e. The van der Waals surface area contributed by atoms with Gasteiger partial charge in [0.1, 0.15) is 0 Å². The molecule has 0 N–H and O–H groups in total. The van der Waals surface area contributed by atoms with Crippen LogP contribution in [-0.4, -0.2) is 31.6 Å². The third kappa shape index (κ3) is 6.21. The third-order valence-corrected chi connectivity index (χ3v) is 7.14. The number of benzene rings is 4. The Bertz CT molecular complexity index is 1180. The highest BCUT2D eigenvalue weighted by Gasteiger charge is 2.24. The van der Waals surface area contributed by atoms with E-state index in [1.54, 1.807) is 0 Å². The Kier molecular flexibility index (Phi) is 7.60. The zero-order chi connectivity index (χ0) is 23.9. The highest BCUT2D eigenvalue weighted by molar-refractivity contribution is 5.63. The monoisotopic (exact) mass is 460 g/mol. The van der Waals surface area contributed by atoms with Gasteiger partial charge in [-0.3, -0.25) is 0 Å². The van der Waals surface area contributed by atoms with E-state index < -0.39 is 0 Å². The zero-order valence-corrected chi connectivity index (χ0v) is 20.8. The van der Waals surface area contributed by atoms with E-state index in [4.69, 9.17) is 0 Å². The Labute approximate surface area is 210 Å². The van der Waals surface area contributed by atoms with Crippen LogP contribution in [0.1, 0.15) is 23.1 Å². The van der Waals surface area contributed by atoms with Crippen LogP contribution < -0.4 is 4.90 Å². The molecule has 4 aromatic carbocycles. The summed E-state index contributed by atoms with van der Waals surface area (Å²) in [5.41, 5.74) is 8.34. The number of anilines is 1. The number of hydrogen-bond donors (Lipinski definition) is 0. The molecule has 2 nitrogen and oxygen atoms in total. The van der Waals surface area contributed by atoms with E-state index in [2.05, 4.69) is 126 Å². The van der Waals surface area contributed by atoms with Crippen molar-refractivity contribution in [3.05, 3.63) is 126 Å². The molecule has 1 atom stereocenters. The second-order valence-electron chi connectivity index (χ2n) is 9.99. The molecule has 5 rings (SSSR count). The molecule has 0 fully saturated rings. The quantitative estimate of drug-likeness (QED) is 0.263. The summed E-state index contributed by atoms with van der Waals surface area (Å²) in [5.74, 6) is 0.656. The zero-order valence-electron chi connectivity index (χ0n) is 20.8. The average Bonchev–Trinajstić information content (AvgIpc) is 2.90. The van der Waals surface area contributed by atoms with Crippen LogP contribution in [0.25, 0.3) is 11.1 Å². The first kappa shape index (κ1) is 23.4. The molecule has 0 saturated heterocycles. The molecule has 0 aliphatic carbocycles. The standard InChI is InChI=1S/C33H36N2/c1-34(24-28-11-4-2-5-12-28)25-29-23-32-16-8-9-17-33(32)35(26-29)22-10-13-27-18-20-31(21-19-27)30-14-6-3-7-15-30/h2-9,11-12,14-21,29H,10,13,22-26H2,1H3. The molecule has 1 aliphatic rings. The normalized spacial score (nSPS) is 15.3. The van der Waals surface area contributed by atoms with E-state index in [-0.39, 0.29) is 0 Å². The molecule has 0 amide bonds. The van der Waals surface area contributed by atoms with Crippen LogP contribution in [0.2, 0.25) is 0 Å². The van der Waals surface area contributed by atoms with E-state index in [9.17, 15) is 0 Å². The van der Waals surface area contributed by atoms with Crippen molar-refractivity contribution in [3.8, 4) is 11.1 Å². The maximum absolute atomic E-state index is 2.64. The maximum Gasteiger partial charge on any atom is 0.0398 e. The van der Waals surface area contributed by atoms with Gasteiger partial charge in [0.2, 0.25) is 0 Å². The van der Waals surface area contributed by atoms with Crippen molar-refractivity contribution in [2.75, 3.05) is 31.6 Å². The molecule has 1 unspecified atom stereocenters. The Morgan fingerprint density at radius 1 is 0.714 bits per heavy atom. The topological polar surface area (TPSA) is 6.48 Å². The average molecular weight is 461 g/mol. The van der Waals surface area contributed by atoms with Crippen molar-refractivity contribution >= 4 is 5.69 Å². The number of rotatable bonds is 9. The summed E-state index contributed by atoms with van der Waals surface area (Å²) in [4.78, 5) is 5.12. The molecule has 0 aromatic heterocycles. The molecule has 1 heterocycles. The van der Waals surface area contributed by atoms with Crippen molar-refractivity contribution in [2.24, 2.45) is 5.92 Å². The van der Waals surface area contributed by atoms with Crippen LogP contribution in [0.5, 0.6) is 0 Å². The fourth-order valence-electron chi connectivity index (χ4n) is 5.48. The summed E-state index contributed by atoms with van der Waals surface area (Å²) < 4.78 is 0. The first-order valence-corrected chi connectivity index (χ1v) is 12.9. The lowest BCUT2D eigenvalue weighted by atomic mass is 9.91. The minimum atomic E-state index is 0.656. The molecule has 0 spiro atoms. The van der Waals surface area contributed by atoms with E-state index in [1.165, 1.54) is 46.3 Å². The second-order valence-corrected chi connectivity index (χ2v) is 9.99. The van der Waals surface area contributed by atoms with Crippen LogP contribution in [-0.2, 0) is 19.4 Å². The summed E-state index contributed by atoms with van der Waals surface area (Å²) in [6.07, 6.45) is 3.46. The van der Waals surface area contributed by atoms with Gasteiger partial charge in [-0.25, -0.2) is 0 Å². The van der Waals surface area contributed by atoms with Gasteiger partial charge in [-0.1, -0.05) is 103 Å². The summed E-state index contributed by atoms with van der Waals surface area (Å²) in [5, 5.41) is 0. The Morgan fingerprint density at radius 2 is 1.37 bits per heavy atom. The molecule has 4 aromatic rings. The van der Waals surface area contributed by atoms with E-state index >= 15 is 0 Å². The molecule has 0 saturated carbocycles. The highest BCUT2D eigenvalue weighted by Crippen LogP contribution is 2.30. The first-order chi connectivity index (χ1) is 17.2. The lowest BCUT2D eigenvalue weighted by Gasteiger charge is -2.38.